The zero-order chi connectivity index (χ0) is 43.4. The summed E-state index contributed by atoms with van der Waals surface area (Å²) in [5.41, 5.74) is 15.6. The van der Waals surface area contributed by atoms with Crippen molar-refractivity contribution in [1.82, 2.24) is 9.13 Å². The summed E-state index contributed by atoms with van der Waals surface area (Å²) in [6, 6.07) is 81.5. The molecule has 2 heterocycles. The Morgan fingerprint density at radius 1 is 0.308 bits per heavy atom. The van der Waals surface area contributed by atoms with Gasteiger partial charge in [0.05, 0.1) is 33.4 Å². The van der Waals surface area contributed by atoms with Crippen LogP contribution in [0.4, 0.5) is 4.39 Å². The highest BCUT2D eigenvalue weighted by Crippen LogP contribution is 2.43. The van der Waals surface area contributed by atoms with Gasteiger partial charge in [-0.1, -0.05) is 164 Å². The number of hydrogen-bond acceptors (Lipinski definition) is 1. The molecule has 12 rings (SSSR count). The van der Waals surface area contributed by atoms with Crippen molar-refractivity contribution in [2.24, 2.45) is 0 Å². The van der Waals surface area contributed by atoms with Gasteiger partial charge in [-0.25, -0.2) is 4.39 Å². The number of nitrogens with zero attached hydrogens (tertiary/aromatic N) is 3. The van der Waals surface area contributed by atoms with Gasteiger partial charge in [0.2, 0.25) is 0 Å². The molecule has 0 atom stereocenters. The molecule has 0 saturated heterocycles. The van der Waals surface area contributed by atoms with Crippen LogP contribution in [0.15, 0.2) is 231 Å². The summed E-state index contributed by atoms with van der Waals surface area (Å²) < 4.78 is 20.6. The smallest absolute Gasteiger partial charge is 0.131 e. The maximum Gasteiger partial charge on any atom is 0.131 e. The third-order valence-corrected chi connectivity index (χ3v) is 12.8. The van der Waals surface area contributed by atoms with Crippen LogP contribution in [0.3, 0.4) is 0 Å². The SMILES string of the molecule is N#Cc1c(-n2c3ccc(-c4ccccc4)cc3c3cc(-c4ccccc4)ccc32)cc(-c2ccccc2F)cc1-n1c2ccc(-c3ccccc3)cc2c2cc(-c3ccccc3)ccc21. The van der Waals surface area contributed by atoms with E-state index in [2.05, 4.69) is 185 Å². The van der Waals surface area contributed by atoms with Crippen LogP contribution in [0, 0.1) is 17.1 Å². The average molecular weight is 832 g/mol. The molecular formula is C61H38FN3. The first-order valence-electron chi connectivity index (χ1n) is 21.8. The van der Waals surface area contributed by atoms with E-state index in [4.69, 9.17) is 0 Å². The van der Waals surface area contributed by atoms with Crippen LogP contribution in [0.2, 0.25) is 0 Å². The van der Waals surface area contributed by atoms with Gasteiger partial charge in [-0.2, -0.15) is 5.26 Å². The summed E-state index contributed by atoms with van der Waals surface area (Å²) in [4.78, 5) is 0. The first kappa shape index (κ1) is 37.9. The lowest BCUT2D eigenvalue weighted by atomic mass is 9.99. The Labute approximate surface area is 375 Å². The molecule has 2 aromatic heterocycles. The molecule has 0 spiro atoms. The molecule has 0 fully saturated rings. The highest BCUT2D eigenvalue weighted by Gasteiger charge is 2.24. The lowest BCUT2D eigenvalue weighted by Crippen LogP contribution is -2.05. The first-order chi connectivity index (χ1) is 32.1. The third kappa shape index (κ3) is 6.41. The summed E-state index contributed by atoms with van der Waals surface area (Å²) in [7, 11) is 0. The van der Waals surface area contributed by atoms with Gasteiger partial charge in [0, 0.05) is 27.1 Å². The fourth-order valence-corrected chi connectivity index (χ4v) is 9.74. The second-order valence-corrected chi connectivity index (χ2v) is 16.5. The second-order valence-electron chi connectivity index (χ2n) is 16.5. The number of rotatable bonds is 7. The maximum absolute atomic E-state index is 16.2. The van der Waals surface area contributed by atoms with E-state index in [0.717, 1.165) is 88.1 Å². The van der Waals surface area contributed by atoms with E-state index >= 15 is 4.39 Å². The van der Waals surface area contributed by atoms with Crippen molar-refractivity contribution in [3.63, 3.8) is 0 Å². The van der Waals surface area contributed by atoms with E-state index < -0.39 is 0 Å². The molecule has 0 amide bonds. The van der Waals surface area contributed by atoms with Crippen LogP contribution in [-0.2, 0) is 0 Å². The molecule has 65 heavy (non-hydrogen) atoms. The van der Waals surface area contributed by atoms with Gasteiger partial charge in [0.25, 0.3) is 0 Å². The number of benzene rings is 10. The molecule has 0 aliphatic rings. The zero-order valence-electron chi connectivity index (χ0n) is 35.2. The van der Waals surface area contributed by atoms with E-state index in [-0.39, 0.29) is 5.82 Å². The number of hydrogen-bond donors (Lipinski definition) is 0. The van der Waals surface area contributed by atoms with Crippen molar-refractivity contribution < 1.29 is 4.39 Å². The minimum atomic E-state index is -0.335. The molecule has 10 aromatic carbocycles. The van der Waals surface area contributed by atoms with Crippen molar-refractivity contribution in [3.05, 3.63) is 242 Å². The molecule has 0 saturated carbocycles. The molecule has 0 radical (unpaired) electrons. The highest BCUT2D eigenvalue weighted by molar-refractivity contribution is 6.14. The monoisotopic (exact) mass is 831 g/mol. The average Bonchev–Trinajstić information content (AvgIpc) is 3.88. The standard InChI is InChI=1S/C61H38FN3/c62-55-24-14-13-23-49(55)48-37-60(64-56-29-25-44(40-15-5-1-6-16-40)33-50(56)51-34-45(26-30-57(51)64)41-17-7-2-8-18-41)54(39-63)61(38-48)65-58-31-27-46(42-19-9-3-10-20-42)35-52(58)53-36-47(28-32-59(53)65)43-21-11-4-12-22-43/h1-38H. The fraction of sp³-hybridized carbons (Fsp3) is 0. The lowest BCUT2D eigenvalue weighted by molar-refractivity contribution is 0.631. The van der Waals surface area contributed by atoms with Crippen LogP contribution >= 0.6 is 0 Å². The Balaban J connectivity index is 1.19. The van der Waals surface area contributed by atoms with E-state index in [0.29, 0.717) is 28.1 Å². The van der Waals surface area contributed by atoms with Crippen LogP contribution in [0.25, 0.3) is 111 Å². The van der Waals surface area contributed by atoms with Crippen molar-refractivity contribution in [2.75, 3.05) is 0 Å². The summed E-state index contributed by atoms with van der Waals surface area (Å²) in [5, 5.41) is 15.8. The molecule has 4 heteroatoms. The molecule has 3 nitrogen and oxygen atoms in total. The van der Waals surface area contributed by atoms with Crippen LogP contribution < -0.4 is 0 Å². The van der Waals surface area contributed by atoms with E-state index in [9.17, 15) is 5.26 Å². The molecule has 12 aromatic rings. The molecular weight excluding hydrogens is 794 g/mol. The van der Waals surface area contributed by atoms with Crippen molar-refractivity contribution in [3.8, 4) is 73.1 Å². The number of halogens is 1. The number of fused-ring (bicyclic) bond motifs is 6. The minimum absolute atomic E-state index is 0.335. The molecule has 0 N–H and O–H groups in total. The predicted molar refractivity (Wildman–Crippen MR) is 267 cm³/mol. The zero-order valence-corrected chi connectivity index (χ0v) is 35.2. The summed E-state index contributed by atoms with van der Waals surface area (Å²) in [5.74, 6) is -0.335. The largest absolute Gasteiger partial charge is 0.308 e. The van der Waals surface area contributed by atoms with Crippen molar-refractivity contribution in [2.45, 2.75) is 0 Å². The lowest BCUT2D eigenvalue weighted by Gasteiger charge is -2.19. The molecule has 0 aliphatic heterocycles. The Hall–Kier alpha value is -8.78. The number of aromatic nitrogens is 2. The van der Waals surface area contributed by atoms with Gasteiger partial charge in [0.15, 0.2) is 0 Å². The molecule has 304 valence electrons. The minimum Gasteiger partial charge on any atom is -0.308 e. The summed E-state index contributed by atoms with van der Waals surface area (Å²) >= 11 is 0. The van der Waals surface area contributed by atoms with Gasteiger partial charge >= 0.3 is 0 Å². The molecule has 0 bridgehead atoms. The van der Waals surface area contributed by atoms with Gasteiger partial charge in [-0.3, -0.25) is 0 Å². The van der Waals surface area contributed by atoms with E-state index in [1.807, 2.05) is 48.5 Å². The summed E-state index contributed by atoms with van der Waals surface area (Å²) in [6.45, 7) is 0. The predicted octanol–water partition coefficient (Wildman–Crippen LogP) is 16.2. The highest BCUT2D eigenvalue weighted by atomic mass is 19.1. The van der Waals surface area contributed by atoms with Crippen LogP contribution in [0.5, 0.6) is 0 Å². The normalized spacial score (nSPS) is 11.4. The molecule has 0 aliphatic carbocycles. The Bertz CT molecular complexity index is 3410. The summed E-state index contributed by atoms with van der Waals surface area (Å²) in [6.07, 6.45) is 0. The van der Waals surface area contributed by atoms with Gasteiger partial charge < -0.3 is 9.13 Å². The number of nitriles is 1. The Morgan fingerprint density at radius 2 is 0.615 bits per heavy atom. The van der Waals surface area contributed by atoms with Crippen LogP contribution in [0.1, 0.15) is 5.56 Å². The van der Waals surface area contributed by atoms with E-state index in [1.54, 1.807) is 6.07 Å². The van der Waals surface area contributed by atoms with E-state index in [1.165, 1.54) is 6.07 Å². The van der Waals surface area contributed by atoms with Gasteiger partial charge in [-0.15, -0.1) is 0 Å². The third-order valence-electron chi connectivity index (χ3n) is 12.8. The molecule has 0 unspecified atom stereocenters. The quantitative estimate of drug-likeness (QED) is 0.157. The van der Waals surface area contributed by atoms with Crippen molar-refractivity contribution >= 4 is 43.6 Å². The van der Waals surface area contributed by atoms with Crippen molar-refractivity contribution in [1.29, 1.82) is 5.26 Å². The first-order valence-corrected chi connectivity index (χ1v) is 21.8. The van der Waals surface area contributed by atoms with Gasteiger partial charge in [0.1, 0.15) is 17.4 Å². The van der Waals surface area contributed by atoms with Crippen LogP contribution in [-0.4, -0.2) is 9.13 Å². The van der Waals surface area contributed by atoms with Gasteiger partial charge in [-0.05, 0) is 117 Å². The Kier molecular flexibility index (Phi) is 9.07. The fourth-order valence-electron chi connectivity index (χ4n) is 9.74. The Morgan fingerprint density at radius 3 is 0.923 bits per heavy atom. The topological polar surface area (TPSA) is 33.6 Å². The maximum atomic E-state index is 16.2. The second kappa shape index (κ2) is 15.5.